The number of rotatable bonds is 9. The first-order valence-corrected chi connectivity index (χ1v) is 11.9. The molecule has 0 aliphatic carbocycles. The van der Waals surface area contributed by atoms with Crippen LogP contribution in [0.15, 0.2) is 0 Å². The molecule has 4 nitrogen and oxygen atoms in total. The summed E-state index contributed by atoms with van der Waals surface area (Å²) in [6, 6.07) is 0. The Morgan fingerprint density at radius 1 is 0.800 bits per heavy atom. The molecule has 118 valence electrons. The minimum atomic E-state index is -0.0571. The molecule has 0 aromatic rings. The second kappa shape index (κ2) is 14.0. The van der Waals surface area contributed by atoms with E-state index in [0.29, 0.717) is 0 Å². The Bertz CT molecular complexity index is 259. The van der Waals surface area contributed by atoms with E-state index >= 15 is 0 Å². The normalized spacial score (nSPS) is 11.3. The van der Waals surface area contributed by atoms with Gasteiger partial charge in [-0.1, -0.05) is 21.6 Å². The van der Waals surface area contributed by atoms with Crippen molar-refractivity contribution >= 4 is 76.2 Å². The Morgan fingerprint density at radius 3 is 1.45 bits per heavy atom. The van der Waals surface area contributed by atoms with E-state index in [-0.39, 0.29) is 21.1 Å². The van der Waals surface area contributed by atoms with Crippen molar-refractivity contribution < 1.29 is 18.0 Å². The molecule has 20 heavy (non-hydrogen) atoms. The summed E-state index contributed by atoms with van der Waals surface area (Å²) in [5.41, 5.74) is 0. The van der Waals surface area contributed by atoms with Gasteiger partial charge in [-0.25, -0.2) is 0 Å². The highest BCUT2D eigenvalue weighted by Crippen LogP contribution is 2.34. The molecule has 0 rings (SSSR count). The fourth-order valence-corrected chi connectivity index (χ4v) is 6.12. The maximum Gasteiger partial charge on any atom is 0.283 e. The molecule has 0 aliphatic rings. The average molecular weight is 395 g/mol. The molecule has 0 amide bonds. The molecule has 0 N–H and O–H groups in total. The summed E-state index contributed by atoms with van der Waals surface area (Å²) in [7, 11) is 5.27. The summed E-state index contributed by atoms with van der Waals surface area (Å²) in [5.74, 6) is 1.58. The zero-order valence-corrected chi connectivity index (χ0v) is 16.6. The van der Waals surface area contributed by atoms with Crippen LogP contribution in [0.3, 0.4) is 0 Å². The van der Waals surface area contributed by atoms with Gasteiger partial charge in [-0.15, -0.1) is 0 Å². The highest BCUT2D eigenvalue weighted by atomic mass is 33.1. The minimum absolute atomic E-state index is 0.0399. The second-order valence-corrected chi connectivity index (χ2v) is 10.5. The number of carbonyl (C=O) groups is 2. The van der Waals surface area contributed by atoms with Crippen molar-refractivity contribution in [3.63, 3.8) is 0 Å². The Kier molecular flexibility index (Phi) is 14.9. The maximum absolute atomic E-state index is 11.3. The van der Waals surface area contributed by atoms with Crippen molar-refractivity contribution in [3.05, 3.63) is 0 Å². The standard InChI is InChI=1S/C10H18O4S6/c1-7(2)13-17-9(11)19-15-5-6-16-20-10(12)18-14-8(3)4/h7-8H,5-6H2,1-4H3. The van der Waals surface area contributed by atoms with Crippen LogP contribution in [0.1, 0.15) is 27.7 Å². The summed E-state index contributed by atoms with van der Waals surface area (Å²) >= 11 is 1.76. The van der Waals surface area contributed by atoms with Crippen LogP contribution < -0.4 is 0 Å². The summed E-state index contributed by atoms with van der Waals surface area (Å²) in [6.07, 6.45) is 0.0798. The van der Waals surface area contributed by atoms with Gasteiger partial charge in [-0.05, 0) is 49.3 Å². The van der Waals surface area contributed by atoms with Gasteiger partial charge >= 0.3 is 0 Å². The summed E-state index contributed by atoms with van der Waals surface area (Å²) < 4.78 is 10.1. The molecule has 0 aliphatic heterocycles. The highest BCUT2D eigenvalue weighted by molar-refractivity contribution is 8.87. The molecule has 0 saturated heterocycles. The SMILES string of the molecule is CC(C)OSC(=O)SSCCSSC(=O)SOC(C)C. The first-order valence-electron chi connectivity index (χ1n) is 5.75. The monoisotopic (exact) mass is 394 g/mol. The van der Waals surface area contributed by atoms with E-state index in [9.17, 15) is 9.59 Å². The molecule has 0 aromatic carbocycles. The molecule has 0 saturated carbocycles. The van der Waals surface area contributed by atoms with E-state index in [4.69, 9.17) is 8.37 Å². The number of hydrogen-bond acceptors (Lipinski definition) is 10. The van der Waals surface area contributed by atoms with Crippen LogP contribution in [0.2, 0.25) is 0 Å². The average Bonchev–Trinajstić information content (AvgIpc) is 2.37. The Morgan fingerprint density at radius 2 is 1.15 bits per heavy atom. The van der Waals surface area contributed by atoms with E-state index in [2.05, 4.69) is 0 Å². The Hall–Kier alpha value is 1.36. The Balaban J connectivity index is 3.35. The van der Waals surface area contributed by atoms with Crippen LogP contribution in [-0.2, 0) is 8.37 Å². The summed E-state index contributed by atoms with van der Waals surface area (Å²) in [4.78, 5) is 22.7. The first-order chi connectivity index (χ1) is 9.41. The number of hydrogen-bond donors (Lipinski definition) is 0. The van der Waals surface area contributed by atoms with Gasteiger partial charge < -0.3 is 8.37 Å². The van der Waals surface area contributed by atoms with Crippen molar-refractivity contribution in [2.75, 3.05) is 11.5 Å². The molecule has 0 fully saturated rings. The molecular formula is C10H18O4S6. The van der Waals surface area contributed by atoms with Gasteiger partial charge in [0.25, 0.3) is 8.89 Å². The van der Waals surface area contributed by atoms with Crippen molar-refractivity contribution in [3.8, 4) is 0 Å². The molecular weight excluding hydrogens is 377 g/mol. The van der Waals surface area contributed by atoms with Crippen LogP contribution in [-0.4, -0.2) is 32.6 Å². The topological polar surface area (TPSA) is 52.6 Å². The highest BCUT2D eigenvalue weighted by Gasteiger charge is 2.09. The third-order valence-corrected chi connectivity index (χ3v) is 8.02. The smallest absolute Gasteiger partial charge is 0.283 e. The van der Waals surface area contributed by atoms with E-state index in [0.717, 1.165) is 35.6 Å². The van der Waals surface area contributed by atoms with Crippen LogP contribution >= 0.6 is 67.3 Å². The third-order valence-electron chi connectivity index (χ3n) is 1.12. The fraction of sp³-hybridized carbons (Fsp3) is 0.800. The largest absolute Gasteiger partial charge is 0.305 e. The number of carbonyl (C=O) groups excluding carboxylic acids is 2. The lowest BCUT2D eigenvalue weighted by atomic mass is 10.5. The van der Waals surface area contributed by atoms with Crippen LogP contribution in [0.4, 0.5) is 9.59 Å². The van der Waals surface area contributed by atoms with E-state index in [1.165, 1.54) is 43.2 Å². The lowest BCUT2D eigenvalue weighted by molar-refractivity contribution is 0.266. The predicted molar refractivity (Wildman–Crippen MR) is 98.5 cm³/mol. The van der Waals surface area contributed by atoms with Gasteiger partial charge in [-0.2, -0.15) is 0 Å². The molecule has 0 unspecified atom stereocenters. The van der Waals surface area contributed by atoms with Gasteiger partial charge in [-0.3, -0.25) is 9.59 Å². The van der Waals surface area contributed by atoms with Crippen molar-refractivity contribution in [2.45, 2.75) is 39.9 Å². The third kappa shape index (κ3) is 15.7. The van der Waals surface area contributed by atoms with Crippen LogP contribution in [0, 0.1) is 0 Å². The quantitative estimate of drug-likeness (QED) is 0.259. The van der Waals surface area contributed by atoms with Gasteiger partial charge in [0, 0.05) is 11.5 Å². The van der Waals surface area contributed by atoms with Crippen LogP contribution in [0.5, 0.6) is 0 Å². The summed E-state index contributed by atoms with van der Waals surface area (Å²) in [5, 5.41) is 0. The van der Waals surface area contributed by atoms with Crippen molar-refractivity contribution in [1.29, 1.82) is 0 Å². The van der Waals surface area contributed by atoms with E-state index in [1.54, 1.807) is 0 Å². The minimum Gasteiger partial charge on any atom is -0.305 e. The van der Waals surface area contributed by atoms with E-state index in [1.807, 2.05) is 27.7 Å². The van der Waals surface area contributed by atoms with Crippen LogP contribution in [0.25, 0.3) is 0 Å². The molecule has 0 spiro atoms. The fourth-order valence-electron chi connectivity index (χ4n) is 0.546. The molecule has 0 aromatic heterocycles. The summed E-state index contributed by atoms with van der Waals surface area (Å²) in [6.45, 7) is 7.52. The first kappa shape index (κ1) is 21.4. The lowest BCUT2D eigenvalue weighted by Gasteiger charge is -2.04. The van der Waals surface area contributed by atoms with E-state index < -0.39 is 0 Å². The maximum atomic E-state index is 11.3. The molecule has 0 bridgehead atoms. The van der Waals surface area contributed by atoms with Gasteiger partial charge in [0.15, 0.2) is 0 Å². The zero-order chi connectivity index (χ0) is 15.4. The second-order valence-electron chi connectivity index (χ2n) is 3.77. The predicted octanol–water partition coefficient (Wildman–Crippen LogP) is 6.14. The molecule has 10 heteroatoms. The van der Waals surface area contributed by atoms with Crippen molar-refractivity contribution in [1.82, 2.24) is 0 Å². The van der Waals surface area contributed by atoms with Gasteiger partial charge in [0.1, 0.15) is 0 Å². The molecule has 0 atom stereocenters. The lowest BCUT2D eigenvalue weighted by Crippen LogP contribution is -1.96. The Labute approximate surface area is 145 Å². The van der Waals surface area contributed by atoms with Crippen molar-refractivity contribution in [2.24, 2.45) is 0 Å². The molecule has 0 radical (unpaired) electrons. The van der Waals surface area contributed by atoms with Gasteiger partial charge in [0.05, 0.1) is 36.3 Å². The van der Waals surface area contributed by atoms with Gasteiger partial charge in [0.2, 0.25) is 0 Å². The molecule has 0 heterocycles. The zero-order valence-electron chi connectivity index (χ0n) is 11.7.